The van der Waals surface area contributed by atoms with E-state index in [0.29, 0.717) is 6.42 Å². The zero-order valence-electron chi connectivity index (χ0n) is 12.6. The monoisotopic (exact) mass is 288 g/mol. The zero-order chi connectivity index (χ0) is 14.5. The average molecular weight is 288 g/mol. The number of hydrogen-bond acceptors (Lipinski definition) is 3. The van der Waals surface area contributed by atoms with Crippen LogP contribution in [0.1, 0.15) is 59.3 Å². The number of aliphatic hydroxyl groups is 1. The fourth-order valence-electron chi connectivity index (χ4n) is 4.55. The summed E-state index contributed by atoms with van der Waals surface area (Å²) in [5, 5.41) is 10.9. The van der Waals surface area contributed by atoms with E-state index in [1.54, 1.807) is 0 Å². The maximum absolute atomic E-state index is 11.8. The second-order valence-corrected chi connectivity index (χ2v) is 10.1. The molecule has 0 aliphatic heterocycles. The van der Waals surface area contributed by atoms with Gasteiger partial charge in [-0.2, -0.15) is 0 Å². The van der Waals surface area contributed by atoms with Crippen LogP contribution in [0.15, 0.2) is 0 Å². The first kappa shape index (κ1) is 15.3. The van der Waals surface area contributed by atoms with Crippen LogP contribution in [0.5, 0.6) is 0 Å². The van der Waals surface area contributed by atoms with E-state index in [4.69, 9.17) is 0 Å². The number of sulfone groups is 1. The van der Waals surface area contributed by atoms with Crippen LogP contribution in [-0.2, 0) is 9.84 Å². The Balaban J connectivity index is 2.18. The molecule has 0 aromatic rings. The Morgan fingerprint density at radius 1 is 1.21 bits per heavy atom. The SMILES string of the molecule is CC1CC(C)(C)CC1(O)C1CCCC(S(C)(=O)=O)C1. The van der Waals surface area contributed by atoms with Crippen LogP contribution in [0, 0.1) is 17.3 Å². The van der Waals surface area contributed by atoms with E-state index in [0.717, 1.165) is 32.1 Å². The maximum atomic E-state index is 11.8. The third-order valence-electron chi connectivity index (χ3n) is 5.41. The molecule has 19 heavy (non-hydrogen) atoms. The van der Waals surface area contributed by atoms with Gasteiger partial charge in [0.25, 0.3) is 0 Å². The van der Waals surface area contributed by atoms with Crippen molar-refractivity contribution in [3.05, 3.63) is 0 Å². The number of rotatable bonds is 2. The van der Waals surface area contributed by atoms with E-state index < -0.39 is 15.4 Å². The van der Waals surface area contributed by atoms with Gasteiger partial charge in [0, 0.05) is 6.26 Å². The third kappa shape index (κ3) is 2.99. The molecule has 0 heterocycles. The Morgan fingerprint density at radius 2 is 1.84 bits per heavy atom. The molecule has 2 aliphatic rings. The molecule has 1 N–H and O–H groups in total. The van der Waals surface area contributed by atoms with Gasteiger partial charge in [0.15, 0.2) is 0 Å². The summed E-state index contributed by atoms with van der Waals surface area (Å²) >= 11 is 0. The fraction of sp³-hybridized carbons (Fsp3) is 1.00. The molecule has 2 saturated carbocycles. The van der Waals surface area contributed by atoms with Crippen molar-refractivity contribution in [3.8, 4) is 0 Å². The molecule has 0 radical (unpaired) electrons. The molecule has 0 bridgehead atoms. The van der Waals surface area contributed by atoms with E-state index in [-0.39, 0.29) is 22.5 Å². The lowest BCUT2D eigenvalue weighted by atomic mass is 9.71. The van der Waals surface area contributed by atoms with Crippen LogP contribution >= 0.6 is 0 Å². The molecular formula is C15H28O3S. The predicted molar refractivity (Wildman–Crippen MR) is 77.7 cm³/mol. The van der Waals surface area contributed by atoms with Gasteiger partial charge in [0.05, 0.1) is 10.9 Å². The van der Waals surface area contributed by atoms with Crippen molar-refractivity contribution in [2.75, 3.05) is 6.26 Å². The largest absolute Gasteiger partial charge is 0.389 e. The van der Waals surface area contributed by atoms with E-state index in [2.05, 4.69) is 20.8 Å². The molecule has 112 valence electrons. The van der Waals surface area contributed by atoms with Gasteiger partial charge in [0.1, 0.15) is 9.84 Å². The summed E-state index contributed by atoms with van der Waals surface area (Å²) in [4.78, 5) is 0. The Kier molecular flexibility index (Phi) is 3.81. The van der Waals surface area contributed by atoms with Gasteiger partial charge < -0.3 is 5.11 Å². The van der Waals surface area contributed by atoms with Crippen molar-refractivity contribution in [3.63, 3.8) is 0 Å². The molecule has 0 aromatic heterocycles. The van der Waals surface area contributed by atoms with Gasteiger partial charge >= 0.3 is 0 Å². The molecule has 4 heteroatoms. The molecule has 2 fully saturated rings. The van der Waals surface area contributed by atoms with Crippen molar-refractivity contribution in [1.29, 1.82) is 0 Å². The molecular weight excluding hydrogens is 260 g/mol. The Morgan fingerprint density at radius 3 is 2.32 bits per heavy atom. The lowest BCUT2D eigenvalue weighted by molar-refractivity contribution is -0.0623. The van der Waals surface area contributed by atoms with Crippen molar-refractivity contribution in [1.82, 2.24) is 0 Å². The van der Waals surface area contributed by atoms with Crippen LogP contribution in [0.2, 0.25) is 0 Å². The van der Waals surface area contributed by atoms with E-state index in [9.17, 15) is 13.5 Å². The summed E-state index contributed by atoms with van der Waals surface area (Å²) in [5.41, 5.74) is -0.487. The minimum atomic E-state index is -2.97. The summed E-state index contributed by atoms with van der Waals surface area (Å²) in [5.74, 6) is 0.420. The summed E-state index contributed by atoms with van der Waals surface area (Å²) < 4.78 is 23.6. The van der Waals surface area contributed by atoms with E-state index >= 15 is 0 Å². The molecule has 3 nitrogen and oxygen atoms in total. The highest BCUT2D eigenvalue weighted by Crippen LogP contribution is 2.53. The minimum Gasteiger partial charge on any atom is -0.389 e. The van der Waals surface area contributed by atoms with Crippen LogP contribution in [0.3, 0.4) is 0 Å². The van der Waals surface area contributed by atoms with E-state index in [1.165, 1.54) is 6.26 Å². The fourth-order valence-corrected chi connectivity index (χ4v) is 5.73. The molecule has 2 aliphatic carbocycles. The van der Waals surface area contributed by atoms with E-state index in [1.807, 2.05) is 0 Å². The summed E-state index contributed by atoms with van der Waals surface area (Å²) in [6, 6.07) is 0. The van der Waals surface area contributed by atoms with Crippen LogP contribution in [0.4, 0.5) is 0 Å². The van der Waals surface area contributed by atoms with Crippen molar-refractivity contribution in [2.24, 2.45) is 17.3 Å². The minimum absolute atomic E-state index is 0.151. The smallest absolute Gasteiger partial charge is 0.150 e. The van der Waals surface area contributed by atoms with Gasteiger partial charge in [-0.05, 0) is 49.4 Å². The van der Waals surface area contributed by atoms with Gasteiger partial charge in [-0.3, -0.25) is 0 Å². The molecule has 0 aromatic carbocycles. The highest BCUT2D eigenvalue weighted by atomic mass is 32.2. The molecule has 0 amide bonds. The Hall–Kier alpha value is -0.0900. The zero-order valence-corrected chi connectivity index (χ0v) is 13.5. The van der Waals surface area contributed by atoms with Crippen molar-refractivity contribution < 1.29 is 13.5 Å². The molecule has 4 unspecified atom stereocenters. The van der Waals surface area contributed by atoms with Crippen LogP contribution in [-0.4, -0.2) is 30.6 Å². The molecule has 2 rings (SSSR count). The summed E-state index contributed by atoms with van der Waals surface area (Å²) in [6.07, 6.45) is 6.50. The molecule has 0 saturated heterocycles. The third-order valence-corrected chi connectivity index (χ3v) is 7.05. The van der Waals surface area contributed by atoms with Gasteiger partial charge in [-0.25, -0.2) is 8.42 Å². The molecule has 0 spiro atoms. The topological polar surface area (TPSA) is 54.4 Å². The van der Waals surface area contributed by atoms with Gasteiger partial charge in [0.2, 0.25) is 0 Å². The lowest BCUT2D eigenvalue weighted by Crippen LogP contribution is -2.45. The summed E-state index contributed by atoms with van der Waals surface area (Å²) in [6.45, 7) is 6.54. The summed E-state index contributed by atoms with van der Waals surface area (Å²) in [7, 11) is -2.97. The predicted octanol–water partition coefficient (Wildman–Crippen LogP) is 2.78. The van der Waals surface area contributed by atoms with Crippen molar-refractivity contribution >= 4 is 9.84 Å². The molecule has 4 atom stereocenters. The highest BCUT2D eigenvalue weighted by molar-refractivity contribution is 7.91. The van der Waals surface area contributed by atoms with Crippen molar-refractivity contribution in [2.45, 2.75) is 70.1 Å². The average Bonchev–Trinajstić information content (AvgIpc) is 2.47. The Bertz CT molecular complexity index is 440. The van der Waals surface area contributed by atoms with Gasteiger partial charge in [-0.1, -0.05) is 27.2 Å². The second-order valence-electron chi connectivity index (χ2n) is 7.75. The highest BCUT2D eigenvalue weighted by Gasteiger charge is 2.52. The first-order valence-electron chi connectivity index (χ1n) is 7.46. The Labute approximate surface area is 117 Å². The quantitative estimate of drug-likeness (QED) is 0.850. The standard InChI is InChI=1S/C15H28O3S/c1-11-9-14(2,3)10-15(11,16)12-6-5-7-13(8-12)19(4,17)18/h11-13,16H,5-10H2,1-4H3. The van der Waals surface area contributed by atoms with Gasteiger partial charge in [-0.15, -0.1) is 0 Å². The number of hydrogen-bond donors (Lipinski definition) is 1. The lowest BCUT2D eigenvalue weighted by Gasteiger charge is -2.41. The first-order chi connectivity index (χ1) is 8.55. The van der Waals surface area contributed by atoms with Crippen LogP contribution in [0.25, 0.3) is 0 Å². The normalized spacial score (nSPS) is 43.3. The first-order valence-corrected chi connectivity index (χ1v) is 9.41. The second kappa shape index (κ2) is 4.73. The van der Waals surface area contributed by atoms with Crippen LogP contribution < -0.4 is 0 Å². The maximum Gasteiger partial charge on any atom is 0.150 e.